The molecule has 116 valence electrons. The summed E-state index contributed by atoms with van der Waals surface area (Å²) in [5, 5.41) is -0.970. The number of benzene rings is 1. The molecule has 0 unspecified atom stereocenters. The van der Waals surface area contributed by atoms with E-state index in [0.29, 0.717) is 6.07 Å². The predicted octanol–water partition coefficient (Wildman–Crippen LogP) is 5.22. The second-order valence-corrected chi connectivity index (χ2v) is 4.11. The van der Waals surface area contributed by atoms with E-state index in [0.717, 1.165) is 0 Å². The van der Waals surface area contributed by atoms with Gasteiger partial charge in [0.2, 0.25) is 0 Å². The minimum atomic E-state index is -5.46. The highest BCUT2D eigenvalue weighted by Gasteiger charge is 2.46. The van der Waals surface area contributed by atoms with Crippen molar-refractivity contribution >= 4 is 10.9 Å². The first-order valence-corrected chi connectivity index (χ1v) is 5.19. The molecule has 0 aliphatic carbocycles. The zero-order valence-corrected chi connectivity index (χ0v) is 9.63. The maximum atomic E-state index is 12.8. The lowest BCUT2D eigenvalue weighted by Gasteiger charge is -2.16. The highest BCUT2D eigenvalue weighted by Crippen LogP contribution is 2.45. The number of hydrogen-bond donors (Lipinski definition) is 1. The Morgan fingerprint density at radius 2 is 1.19 bits per heavy atom. The Kier molecular flexibility index (Phi) is 3.19. The van der Waals surface area contributed by atoms with Crippen LogP contribution in [-0.4, -0.2) is 4.98 Å². The van der Waals surface area contributed by atoms with Crippen molar-refractivity contribution in [3.05, 3.63) is 35.0 Å². The van der Waals surface area contributed by atoms with Gasteiger partial charge in [0, 0.05) is 11.6 Å². The molecule has 0 saturated heterocycles. The van der Waals surface area contributed by atoms with Gasteiger partial charge in [-0.2, -0.15) is 39.5 Å². The number of fused-ring (bicyclic) bond motifs is 1. The fourth-order valence-corrected chi connectivity index (χ4v) is 1.96. The van der Waals surface area contributed by atoms with Crippen LogP contribution < -0.4 is 0 Å². The molecule has 0 bridgehead atoms. The highest BCUT2D eigenvalue weighted by molar-refractivity contribution is 5.88. The van der Waals surface area contributed by atoms with Crippen LogP contribution in [0.15, 0.2) is 18.3 Å². The van der Waals surface area contributed by atoms with Gasteiger partial charge in [-0.3, -0.25) is 0 Å². The molecule has 21 heavy (non-hydrogen) atoms. The fraction of sp³-hybridized carbons (Fsp3) is 0.273. The molecular weight excluding hydrogens is 317 g/mol. The van der Waals surface area contributed by atoms with E-state index in [9.17, 15) is 39.5 Å². The molecule has 1 heterocycles. The molecule has 0 saturated carbocycles. The SMILES string of the molecule is FC(F)(F)c1ccc2c(C(F)(F)F)c[nH]c2c1C(F)(F)F. The molecule has 0 atom stereocenters. The minimum absolute atomic E-state index is 0.00572. The topological polar surface area (TPSA) is 15.8 Å². The Morgan fingerprint density at radius 3 is 1.62 bits per heavy atom. The van der Waals surface area contributed by atoms with Crippen molar-refractivity contribution in [3.63, 3.8) is 0 Å². The molecule has 0 amide bonds. The van der Waals surface area contributed by atoms with Crippen molar-refractivity contribution in [2.24, 2.45) is 0 Å². The molecule has 0 fully saturated rings. The number of aromatic amines is 1. The second-order valence-electron chi connectivity index (χ2n) is 4.11. The number of H-pyrrole nitrogens is 1. The van der Waals surface area contributed by atoms with Gasteiger partial charge in [-0.15, -0.1) is 0 Å². The molecular formula is C11H4F9N. The third-order valence-corrected chi connectivity index (χ3v) is 2.75. The van der Waals surface area contributed by atoms with Crippen LogP contribution in [0.3, 0.4) is 0 Å². The fourth-order valence-electron chi connectivity index (χ4n) is 1.96. The number of alkyl halides is 9. The summed E-state index contributed by atoms with van der Waals surface area (Å²) in [4.78, 5) is 1.64. The quantitative estimate of drug-likeness (QED) is 0.640. The van der Waals surface area contributed by atoms with Gasteiger partial charge in [0.25, 0.3) is 0 Å². The molecule has 2 aromatic rings. The molecule has 2 rings (SSSR count). The Hall–Kier alpha value is -1.87. The van der Waals surface area contributed by atoms with E-state index >= 15 is 0 Å². The van der Waals surface area contributed by atoms with Crippen molar-refractivity contribution in [2.75, 3.05) is 0 Å². The van der Waals surface area contributed by atoms with E-state index < -0.39 is 46.1 Å². The zero-order chi connectivity index (χ0) is 16.2. The zero-order valence-electron chi connectivity index (χ0n) is 9.63. The van der Waals surface area contributed by atoms with Gasteiger partial charge < -0.3 is 4.98 Å². The molecule has 0 radical (unpaired) electrons. The number of halogens is 9. The molecule has 0 spiro atoms. The van der Waals surface area contributed by atoms with Gasteiger partial charge in [-0.05, 0) is 6.07 Å². The van der Waals surface area contributed by atoms with Gasteiger partial charge in [-0.1, -0.05) is 6.07 Å². The van der Waals surface area contributed by atoms with Gasteiger partial charge in [0.15, 0.2) is 0 Å². The average Bonchev–Trinajstić information content (AvgIpc) is 2.67. The Morgan fingerprint density at radius 1 is 0.667 bits per heavy atom. The molecule has 10 heteroatoms. The first kappa shape index (κ1) is 15.5. The molecule has 0 aliphatic heterocycles. The standard InChI is InChI=1S/C11H4F9N/c12-9(13,14)5-2-1-4-6(10(15,16)17)3-21-8(4)7(5)11(18,19)20/h1-3,21H. The van der Waals surface area contributed by atoms with Crippen molar-refractivity contribution in [1.82, 2.24) is 4.98 Å². The summed E-state index contributed by atoms with van der Waals surface area (Å²) in [6, 6.07) is 0.362. The van der Waals surface area contributed by atoms with Crippen LogP contribution in [0.5, 0.6) is 0 Å². The predicted molar refractivity (Wildman–Crippen MR) is 53.3 cm³/mol. The minimum Gasteiger partial charge on any atom is -0.360 e. The third-order valence-electron chi connectivity index (χ3n) is 2.75. The van der Waals surface area contributed by atoms with Gasteiger partial charge in [-0.25, -0.2) is 0 Å². The average molecular weight is 321 g/mol. The monoisotopic (exact) mass is 321 g/mol. The molecule has 1 nitrogen and oxygen atoms in total. The van der Waals surface area contributed by atoms with E-state index in [1.165, 1.54) is 0 Å². The van der Waals surface area contributed by atoms with Crippen LogP contribution in [0.4, 0.5) is 39.5 Å². The number of hydrogen-bond acceptors (Lipinski definition) is 0. The summed E-state index contributed by atoms with van der Waals surface area (Å²) >= 11 is 0. The van der Waals surface area contributed by atoms with Crippen LogP contribution in [0.1, 0.15) is 16.7 Å². The van der Waals surface area contributed by atoms with E-state index in [2.05, 4.69) is 0 Å². The second kappa shape index (κ2) is 4.31. The van der Waals surface area contributed by atoms with Crippen LogP contribution in [-0.2, 0) is 18.5 Å². The van der Waals surface area contributed by atoms with Crippen LogP contribution in [0, 0.1) is 0 Å². The molecule has 0 aliphatic rings. The van der Waals surface area contributed by atoms with Crippen LogP contribution in [0.2, 0.25) is 0 Å². The maximum Gasteiger partial charge on any atom is 0.419 e. The van der Waals surface area contributed by atoms with Crippen molar-refractivity contribution in [2.45, 2.75) is 18.5 Å². The number of aromatic nitrogens is 1. The Labute approximate surface area is 110 Å². The van der Waals surface area contributed by atoms with Crippen LogP contribution in [0.25, 0.3) is 10.9 Å². The van der Waals surface area contributed by atoms with Crippen molar-refractivity contribution in [1.29, 1.82) is 0 Å². The molecule has 1 N–H and O–H groups in total. The first-order valence-electron chi connectivity index (χ1n) is 5.19. The Bertz CT molecular complexity index is 672. The lowest BCUT2D eigenvalue weighted by atomic mass is 10.0. The first-order chi connectivity index (χ1) is 9.33. The van der Waals surface area contributed by atoms with Crippen molar-refractivity contribution in [3.8, 4) is 0 Å². The maximum absolute atomic E-state index is 12.8. The summed E-state index contributed by atoms with van der Waals surface area (Å²) in [5.74, 6) is 0. The van der Waals surface area contributed by atoms with Crippen LogP contribution >= 0.6 is 0 Å². The Balaban J connectivity index is 2.89. The van der Waals surface area contributed by atoms with E-state index in [4.69, 9.17) is 0 Å². The molecule has 1 aromatic heterocycles. The van der Waals surface area contributed by atoms with Gasteiger partial charge in [0.05, 0.1) is 22.2 Å². The summed E-state index contributed by atoms with van der Waals surface area (Å²) < 4.78 is 114. The summed E-state index contributed by atoms with van der Waals surface area (Å²) in [6.45, 7) is 0. The van der Waals surface area contributed by atoms with Crippen molar-refractivity contribution < 1.29 is 39.5 Å². The molecule has 1 aromatic carbocycles. The normalized spacial score (nSPS) is 14.0. The number of nitrogens with one attached hydrogen (secondary N) is 1. The third kappa shape index (κ3) is 2.66. The largest absolute Gasteiger partial charge is 0.419 e. The van der Waals surface area contributed by atoms with Gasteiger partial charge in [0.1, 0.15) is 0 Å². The lowest BCUT2D eigenvalue weighted by Crippen LogP contribution is -2.17. The highest BCUT2D eigenvalue weighted by atomic mass is 19.4. The smallest absolute Gasteiger partial charge is 0.360 e. The summed E-state index contributed by atoms with van der Waals surface area (Å²) in [7, 11) is 0. The van der Waals surface area contributed by atoms with E-state index in [1.807, 2.05) is 0 Å². The van der Waals surface area contributed by atoms with E-state index in [-0.39, 0.29) is 12.3 Å². The number of rotatable bonds is 0. The summed E-state index contributed by atoms with van der Waals surface area (Å²) in [6.07, 6.45) is -15.6. The van der Waals surface area contributed by atoms with Gasteiger partial charge >= 0.3 is 18.5 Å². The van der Waals surface area contributed by atoms with E-state index in [1.54, 1.807) is 4.98 Å². The summed E-state index contributed by atoms with van der Waals surface area (Å²) in [5.41, 5.74) is -6.91. The lowest BCUT2D eigenvalue weighted by molar-refractivity contribution is -0.161.